The molecular formula is C14H26N4O3. The molecule has 7 heteroatoms. The van der Waals surface area contributed by atoms with Gasteiger partial charge in [0.25, 0.3) is 0 Å². The Morgan fingerprint density at radius 2 is 1.95 bits per heavy atom. The fraction of sp³-hybridized carbons (Fsp3) is 0.786. The minimum absolute atomic E-state index is 0.0581. The monoisotopic (exact) mass is 298 g/mol. The molecule has 1 saturated carbocycles. The van der Waals surface area contributed by atoms with Crippen LogP contribution < -0.4 is 16.4 Å². The summed E-state index contributed by atoms with van der Waals surface area (Å²) in [6, 6.07) is 0. The highest BCUT2D eigenvalue weighted by Crippen LogP contribution is 2.45. The predicted octanol–water partition coefficient (Wildman–Crippen LogP) is 0.570. The van der Waals surface area contributed by atoms with Gasteiger partial charge < -0.3 is 21.6 Å². The lowest BCUT2D eigenvalue weighted by molar-refractivity contribution is -0.133. The van der Waals surface area contributed by atoms with Crippen molar-refractivity contribution in [3.63, 3.8) is 0 Å². The van der Waals surface area contributed by atoms with Crippen LogP contribution in [-0.4, -0.2) is 34.9 Å². The second-order valence-electron chi connectivity index (χ2n) is 6.88. The van der Waals surface area contributed by atoms with Gasteiger partial charge in [-0.25, -0.2) is 0 Å². The fourth-order valence-electron chi connectivity index (χ4n) is 2.68. The van der Waals surface area contributed by atoms with Gasteiger partial charge in [-0.15, -0.1) is 0 Å². The maximum atomic E-state index is 12.2. The Hall–Kier alpha value is -1.79. The van der Waals surface area contributed by atoms with Gasteiger partial charge >= 0.3 is 0 Å². The molecule has 120 valence electrons. The van der Waals surface area contributed by atoms with Crippen molar-refractivity contribution in [3.05, 3.63) is 0 Å². The molecule has 0 unspecified atom stereocenters. The number of amidine groups is 1. The summed E-state index contributed by atoms with van der Waals surface area (Å²) in [5.41, 5.74) is 4.44. The molecule has 1 aliphatic carbocycles. The Bertz CT molecular complexity index is 434. The second kappa shape index (κ2) is 6.32. The van der Waals surface area contributed by atoms with E-state index in [2.05, 4.69) is 15.8 Å². The van der Waals surface area contributed by atoms with Gasteiger partial charge in [-0.1, -0.05) is 12.1 Å². The SMILES string of the molecule is CC1CC(C(=O)NCCC(=O)NC(C)(C)C)(C(N)=NO)C1. The van der Waals surface area contributed by atoms with Crippen molar-refractivity contribution in [1.29, 1.82) is 0 Å². The van der Waals surface area contributed by atoms with E-state index in [0.29, 0.717) is 18.8 Å². The number of amides is 2. The molecule has 1 aliphatic rings. The van der Waals surface area contributed by atoms with Crippen LogP contribution >= 0.6 is 0 Å². The molecule has 0 spiro atoms. The van der Waals surface area contributed by atoms with Gasteiger partial charge in [-0.05, 0) is 39.5 Å². The van der Waals surface area contributed by atoms with Crippen LogP contribution in [0.2, 0.25) is 0 Å². The maximum absolute atomic E-state index is 12.2. The number of oxime groups is 1. The van der Waals surface area contributed by atoms with Crippen molar-refractivity contribution < 1.29 is 14.8 Å². The summed E-state index contributed by atoms with van der Waals surface area (Å²) in [5, 5.41) is 17.3. The van der Waals surface area contributed by atoms with E-state index in [1.165, 1.54) is 0 Å². The molecule has 0 bridgehead atoms. The number of carbonyl (C=O) groups excluding carboxylic acids is 2. The quantitative estimate of drug-likeness (QED) is 0.257. The molecule has 2 amide bonds. The van der Waals surface area contributed by atoms with E-state index in [9.17, 15) is 9.59 Å². The first-order valence-corrected chi connectivity index (χ1v) is 7.18. The smallest absolute Gasteiger partial charge is 0.233 e. The van der Waals surface area contributed by atoms with E-state index >= 15 is 0 Å². The van der Waals surface area contributed by atoms with Crippen molar-refractivity contribution in [3.8, 4) is 0 Å². The Morgan fingerprint density at radius 3 is 2.38 bits per heavy atom. The highest BCUT2D eigenvalue weighted by Gasteiger charge is 2.52. The van der Waals surface area contributed by atoms with Crippen molar-refractivity contribution in [2.45, 2.75) is 52.5 Å². The van der Waals surface area contributed by atoms with Crippen LogP contribution in [-0.2, 0) is 9.59 Å². The van der Waals surface area contributed by atoms with E-state index in [4.69, 9.17) is 10.9 Å². The van der Waals surface area contributed by atoms with Gasteiger partial charge in [0.2, 0.25) is 11.8 Å². The number of hydrogen-bond acceptors (Lipinski definition) is 4. The van der Waals surface area contributed by atoms with E-state index in [1.54, 1.807) is 0 Å². The largest absolute Gasteiger partial charge is 0.409 e. The summed E-state index contributed by atoms with van der Waals surface area (Å²) in [4.78, 5) is 23.9. The minimum Gasteiger partial charge on any atom is -0.409 e. The summed E-state index contributed by atoms with van der Waals surface area (Å²) < 4.78 is 0. The third-order valence-corrected chi connectivity index (χ3v) is 3.58. The lowest BCUT2D eigenvalue weighted by Crippen LogP contribution is -2.57. The first kappa shape index (κ1) is 17.3. The third-order valence-electron chi connectivity index (χ3n) is 3.58. The zero-order valence-electron chi connectivity index (χ0n) is 13.2. The van der Waals surface area contributed by atoms with Crippen molar-refractivity contribution in [1.82, 2.24) is 10.6 Å². The number of carbonyl (C=O) groups is 2. The summed E-state index contributed by atoms with van der Waals surface area (Å²) >= 11 is 0. The van der Waals surface area contributed by atoms with Gasteiger partial charge in [0.15, 0.2) is 5.84 Å². The summed E-state index contributed by atoms with van der Waals surface area (Å²) in [5.74, 6) is -0.0976. The predicted molar refractivity (Wildman–Crippen MR) is 79.8 cm³/mol. The van der Waals surface area contributed by atoms with Crippen LogP contribution in [0.4, 0.5) is 0 Å². The molecule has 0 radical (unpaired) electrons. The zero-order valence-corrected chi connectivity index (χ0v) is 13.2. The minimum atomic E-state index is -0.922. The first-order chi connectivity index (χ1) is 9.60. The summed E-state index contributed by atoms with van der Waals surface area (Å²) in [7, 11) is 0. The van der Waals surface area contributed by atoms with Crippen LogP contribution in [0.25, 0.3) is 0 Å². The molecule has 0 aromatic heterocycles. The average Bonchev–Trinajstić information content (AvgIpc) is 2.31. The molecule has 0 aromatic rings. The topological polar surface area (TPSA) is 117 Å². The Labute approximate surface area is 125 Å². The molecule has 5 N–H and O–H groups in total. The molecule has 0 aromatic carbocycles. The molecule has 0 heterocycles. The molecule has 1 rings (SSSR count). The molecule has 7 nitrogen and oxygen atoms in total. The van der Waals surface area contributed by atoms with E-state index in [0.717, 1.165) is 0 Å². The highest BCUT2D eigenvalue weighted by atomic mass is 16.4. The lowest BCUT2D eigenvalue weighted by atomic mass is 9.61. The van der Waals surface area contributed by atoms with E-state index in [1.807, 2.05) is 27.7 Å². The number of hydrogen-bond donors (Lipinski definition) is 4. The number of nitrogens with one attached hydrogen (secondary N) is 2. The number of nitrogens with two attached hydrogens (primary N) is 1. The van der Waals surface area contributed by atoms with E-state index < -0.39 is 5.41 Å². The first-order valence-electron chi connectivity index (χ1n) is 7.18. The zero-order chi connectivity index (χ0) is 16.3. The van der Waals surface area contributed by atoms with Gasteiger partial charge in [0.05, 0.1) is 0 Å². The fourth-order valence-corrected chi connectivity index (χ4v) is 2.68. The maximum Gasteiger partial charge on any atom is 0.233 e. The van der Waals surface area contributed by atoms with Gasteiger partial charge in [-0.3, -0.25) is 9.59 Å². The van der Waals surface area contributed by atoms with Crippen molar-refractivity contribution in [2.24, 2.45) is 22.2 Å². The molecule has 1 fully saturated rings. The lowest BCUT2D eigenvalue weighted by Gasteiger charge is -2.43. The van der Waals surface area contributed by atoms with Crippen LogP contribution in [0.5, 0.6) is 0 Å². The van der Waals surface area contributed by atoms with Crippen LogP contribution in [0.15, 0.2) is 5.16 Å². The molecule has 0 saturated heterocycles. The van der Waals surface area contributed by atoms with Gasteiger partial charge in [-0.2, -0.15) is 0 Å². The van der Waals surface area contributed by atoms with E-state index in [-0.39, 0.29) is 36.2 Å². The molecule has 0 atom stereocenters. The molecule has 21 heavy (non-hydrogen) atoms. The van der Waals surface area contributed by atoms with Crippen LogP contribution in [0.1, 0.15) is 47.0 Å². The normalized spacial score (nSPS) is 25.9. The average molecular weight is 298 g/mol. The second-order valence-corrected chi connectivity index (χ2v) is 6.88. The standard InChI is InChI=1S/C14H26N4O3/c1-9-7-14(8-9,11(15)18-21)12(20)16-6-5-10(19)17-13(2,3)4/h9,21H,5-8H2,1-4H3,(H2,15,18)(H,16,20)(H,17,19). The number of nitrogens with zero attached hydrogens (tertiary/aromatic N) is 1. The third kappa shape index (κ3) is 4.34. The molecule has 0 aliphatic heterocycles. The summed E-state index contributed by atoms with van der Waals surface area (Å²) in [6.45, 7) is 7.93. The van der Waals surface area contributed by atoms with Crippen molar-refractivity contribution >= 4 is 17.6 Å². The Kier molecular flexibility index (Phi) is 5.20. The summed E-state index contributed by atoms with van der Waals surface area (Å²) in [6.07, 6.45) is 1.32. The number of rotatable bonds is 5. The van der Waals surface area contributed by atoms with Gasteiger partial charge in [0, 0.05) is 18.5 Å². The Balaban J connectivity index is 2.48. The Morgan fingerprint density at radius 1 is 1.38 bits per heavy atom. The van der Waals surface area contributed by atoms with Gasteiger partial charge in [0.1, 0.15) is 5.41 Å². The molecular weight excluding hydrogens is 272 g/mol. The highest BCUT2D eigenvalue weighted by molar-refractivity contribution is 6.07. The van der Waals surface area contributed by atoms with Crippen LogP contribution in [0.3, 0.4) is 0 Å². The van der Waals surface area contributed by atoms with Crippen LogP contribution in [0, 0.1) is 11.3 Å². The van der Waals surface area contributed by atoms with Crippen molar-refractivity contribution in [2.75, 3.05) is 6.54 Å².